The van der Waals surface area contributed by atoms with Crippen LogP contribution in [0.3, 0.4) is 0 Å². The zero-order valence-corrected chi connectivity index (χ0v) is 15.3. The van der Waals surface area contributed by atoms with Gasteiger partial charge in [-0.25, -0.2) is 4.98 Å². The lowest BCUT2D eigenvalue weighted by Crippen LogP contribution is -2.32. The van der Waals surface area contributed by atoms with Crippen LogP contribution in [0.5, 0.6) is 0 Å². The van der Waals surface area contributed by atoms with E-state index in [1.807, 2.05) is 40.6 Å². The summed E-state index contributed by atoms with van der Waals surface area (Å²) in [6.45, 7) is 1.96. The molecule has 2 rings (SSSR count). The highest BCUT2D eigenvalue weighted by atomic mass is 35.5. The summed E-state index contributed by atoms with van der Waals surface area (Å²) >= 11 is 1.56. The molecule has 0 fully saturated rings. The van der Waals surface area contributed by atoms with Gasteiger partial charge in [-0.2, -0.15) is 0 Å². The minimum absolute atomic E-state index is 0. The lowest BCUT2D eigenvalue weighted by atomic mass is 10.1. The monoisotopic (exact) mass is 375 g/mol. The molecule has 0 saturated heterocycles. The zero-order valence-electron chi connectivity index (χ0n) is 12.9. The van der Waals surface area contributed by atoms with Gasteiger partial charge in [0, 0.05) is 24.9 Å². The number of carbonyl (C=O) groups excluding carboxylic acids is 1. The normalized spacial score (nSPS) is 9.61. The molecule has 1 amide bonds. The van der Waals surface area contributed by atoms with Gasteiger partial charge in [0.1, 0.15) is 0 Å². The number of nitrogens with two attached hydrogens (primary N) is 1. The number of amides is 1. The largest absolute Gasteiger partial charge is 0.338 e. The molecule has 128 valence electrons. The molecule has 0 unspecified atom stereocenters. The van der Waals surface area contributed by atoms with Crippen molar-refractivity contribution in [2.24, 2.45) is 5.73 Å². The molecular formula is C16H23Cl2N3OS. The van der Waals surface area contributed by atoms with Crippen molar-refractivity contribution in [3.05, 3.63) is 52.5 Å². The third kappa shape index (κ3) is 7.79. The molecule has 0 bridgehead atoms. The van der Waals surface area contributed by atoms with Crippen LogP contribution in [0.4, 0.5) is 0 Å². The predicted molar refractivity (Wildman–Crippen MR) is 100 cm³/mol. The SMILES string of the molecule is Cl.Cl.NCCCN(Cc1ccccc1)C(=O)CCc1cscn1. The fourth-order valence-corrected chi connectivity index (χ4v) is 2.72. The van der Waals surface area contributed by atoms with E-state index in [-0.39, 0.29) is 30.7 Å². The molecule has 1 heterocycles. The summed E-state index contributed by atoms with van der Waals surface area (Å²) in [5, 5.41) is 1.99. The van der Waals surface area contributed by atoms with Gasteiger partial charge < -0.3 is 10.6 Å². The Morgan fingerprint density at radius 2 is 1.96 bits per heavy atom. The first-order valence-corrected chi connectivity index (χ1v) is 8.12. The van der Waals surface area contributed by atoms with E-state index in [0.717, 1.165) is 17.7 Å². The topological polar surface area (TPSA) is 59.2 Å². The molecule has 0 aliphatic rings. The first kappa shape index (κ1) is 21.9. The van der Waals surface area contributed by atoms with Gasteiger partial charge in [-0.05, 0) is 24.9 Å². The van der Waals surface area contributed by atoms with E-state index in [9.17, 15) is 4.79 Å². The highest BCUT2D eigenvalue weighted by Crippen LogP contribution is 2.10. The van der Waals surface area contributed by atoms with Crippen LogP contribution in [-0.4, -0.2) is 28.9 Å². The molecule has 7 heteroatoms. The van der Waals surface area contributed by atoms with Crippen molar-refractivity contribution in [2.45, 2.75) is 25.8 Å². The molecule has 0 spiro atoms. The van der Waals surface area contributed by atoms with Crippen molar-refractivity contribution >= 4 is 42.1 Å². The van der Waals surface area contributed by atoms with E-state index >= 15 is 0 Å². The quantitative estimate of drug-likeness (QED) is 0.769. The number of nitrogens with zero attached hydrogens (tertiary/aromatic N) is 2. The van der Waals surface area contributed by atoms with E-state index in [0.29, 0.717) is 32.5 Å². The minimum Gasteiger partial charge on any atom is -0.338 e. The van der Waals surface area contributed by atoms with Crippen LogP contribution in [0.2, 0.25) is 0 Å². The van der Waals surface area contributed by atoms with E-state index in [4.69, 9.17) is 5.73 Å². The fraction of sp³-hybridized carbons (Fsp3) is 0.375. The summed E-state index contributed by atoms with van der Waals surface area (Å²) in [7, 11) is 0. The van der Waals surface area contributed by atoms with E-state index < -0.39 is 0 Å². The third-order valence-electron chi connectivity index (χ3n) is 3.28. The number of carbonyl (C=O) groups is 1. The molecule has 0 radical (unpaired) electrons. The third-order valence-corrected chi connectivity index (χ3v) is 3.91. The lowest BCUT2D eigenvalue weighted by molar-refractivity contribution is -0.131. The van der Waals surface area contributed by atoms with Crippen molar-refractivity contribution < 1.29 is 4.79 Å². The van der Waals surface area contributed by atoms with Gasteiger partial charge in [0.05, 0.1) is 11.2 Å². The van der Waals surface area contributed by atoms with E-state index in [1.54, 1.807) is 16.8 Å². The number of aryl methyl sites for hydroxylation is 1. The number of rotatable bonds is 8. The molecule has 23 heavy (non-hydrogen) atoms. The van der Waals surface area contributed by atoms with Gasteiger partial charge in [-0.1, -0.05) is 30.3 Å². The second-order valence-electron chi connectivity index (χ2n) is 4.92. The van der Waals surface area contributed by atoms with Gasteiger partial charge in [0.2, 0.25) is 5.91 Å². The van der Waals surface area contributed by atoms with Gasteiger partial charge >= 0.3 is 0 Å². The number of halogens is 2. The second-order valence-corrected chi connectivity index (χ2v) is 5.64. The Balaban J connectivity index is 0.00000242. The van der Waals surface area contributed by atoms with Gasteiger partial charge in [-0.3, -0.25) is 4.79 Å². The van der Waals surface area contributed by atoms with Gasteiger partial charge in [0.15, 0.2) is 0 Å². The smallest absolute Gasteiger partial charge is 0.223 e. The second kappa shape index (κ2) is 12.3. The summed E-state index contributed by atoms with van der Waals surface area (Å²) < 4.78 is 0. The molecule has 2 aromatic rings. The molecule has 0 aliphatic heterocycles. The summed E-state index contributed by atoms with van der Waals surface area (Å²) in [4.78, 5) is 18.5. The Morgan fingerprint density at radius 3 is 2.57 bits per heavy atom. The van der Waals surface area contributed by atoms with Crippen LogP contribution in [0, 0.1) is 0 Å². The van der Waals surface area contributed by atoms with Crippen LogP contribution < -0.4 is 5.73 Å². The Morgan fingerprint density at radius 1 is 1.22 bits per heavy atom. The first-order valence-electron chi connectivity index (χ1n) is 7.18. The summed E-state index contributed by atoms with van der Waals surface area (Å²) in [6, 6.07) is 10.1. The fourth-order valence-electron chi connectivity index (χ4n) is 2.13. The van der Waals surface area contributed by atoms with Crippen molar-refractivity contribution in [1.82, 2.24) is 9.88 Å². The number of benzene rings is 1. The first-order chi connectivity index (χ1) is 10.3. The molecule has 1 aromatic heterocycles. The maximum atomic E-state index is 12.4. The summed E-state index contributed by atoms with van der Waals surface area (Å²) in [5.74, 6) is 0.167. The summed E-state index contributed by atoms with van der Waals surface area (Å²) in [6.07, 6.45) is 2.03. The van der Waals surface area contributed by atoms with Gasteiger partial charge in [0.25, 0.3) is 0 Å². The summed E-state index contributed by atoms with van der Waals surface area (Å²) in [5.41, 5.74) is 9.52. The minimum atomic E-state index is 0. The number of hydrogen-bond donors (Lipinski definition) is 1. The van der Waals surface area contributed by atoms with Gasteiger partial charge in [-0.15, -0.1) is 36.2 Å². The van der Waals surface area contributed by atoms with Crippen molar-refractivity contribution in [2.75, 3.05) is 13.1 Å². The number of aromatic nitrogens is 1. The maximum absolute atomic E-state index is 12.4. The molecule has 0 aliphatic carbocycles. The zero-order chi connectivity index (χ0) is 14.9. The highest BCUT2D eigenvalue weighted by Gasteiger charge is 2.14. The van der Waals surface area contributed by atoms with Crippen molar-refractivity contribution in [3.8, 4) is 0 Å². The van der Waals surface area contributed by atoms with Crippen LogP contribution in [0.1, 0.15) is 24.1 Å². The number of hydrogen-bond acceptors (Lipinski definition) is 4. The van der Waals surface area contributed by atoms with E-state index in [2.05, 4.69) is 4.98 Å². The standard InChI is InChI=1S/C16H21N3OS.2ClH/c17-9-4-10-19(11-14-5-2-1-3-6-14)16(20)8-7-15-12-21-13-18-15;;/h1-3,5-6,12-13H,4,7-11,17H2;2*1H. The molecule has 0 saturated carbocycles. The Kier molecular flexibility index (Phi) is 11.7. The van der Waals surface area contributed by atoms with Crippen molar-refractivity contribution in [3.63, 3.8) is 0 Å². The Bertz CT molecular complexity index is 538. The molecule has 0 atom stereocenters. The average molecular weight is 376 g/mol. The van der Waals surface area contributed by atoms with Crippen LogP contribution >= 0.6 is 36.2 Å². The van der Waals surface area contributed by atoms with Crippen molar-refractivity contribution in [1.29, 1.82) is 0 Å². The van der Waals surface area contributed by atoms with E-state index in [1.165, 1.54) is 0 Å². The molecular weight excluding hydrogens is 353 g/mol. The average Bonchev–Trinajstić information content (AvgIpc) is 3.03. The van der Waals surface area contributed by atoms with Crippen LogP contribution in [-0.2, 0) is 17.8 Å². The van der Waals surface area contributed by atoms with Crippen LogP contribution in [0.25, 0.3) is 0 Å². The number of thiazole rings is 1. The molecule has 1 aromatic carbocycles. The highest BCUT2D eigenvalue weighted by molar-refractivity contribution is 7.07. The lowest BCUT2D eigenvalue weighted by Gasteiger charge is -2.22. The Labute approximate surface area is 153 Å². The maximum Gasteiger partial charge on any atom is 0.223 e. The predicted octanol–water partition coefficient (Wildman–Crippen LogP) is 3.30. The Hall–Kier alpha value is -1.14. The molecule has 4 nitrogen and oxygen atoms in total. The molecule has 2 N–H and O–H groups in total. The van der Waals surface area contributed by atoms with Crippen LogP contribution in [0.15, 0.2) is 41.2 Å².